The molecule has 26 heavy (non-hydrogen) atoms. The lowest BCUT2D eigenvalue weighted by Crippen LogP contribution is -2.38. The number of rotatable bonds is 8. The molecule has 9 heteroatoms. The number of nitrogens with one attached hydrogen (secondary N) is 1. The molecule has 0 spiro atoms. The molecule has 2 rings (SSSR count). The Bertz CT molecular complexity index is 886. The monoisotopic (exact) mass is 361 g/mol. The Hall–Kier alpha value is -2.94. The molecule has 0 saturated heterocycles. The molecule has 0 aliphatic heterocycles. The van der Waals surface area contributed by atoms with Crippen LogP contribution in [0.15, 0.2) is 39.9 Å². The van der Waals surface area contributed by atoms with Gasteiger partial charge in [-0.05, 0) is 12.1 Å². The molecule has 0 fully saturated rings. The molecule has 0 bridgehead atoms. The van der Waals surface area contributed by atoms with Gasteiger partial charge < -0.3 is 5.32 Å². The number of nitrogens with zero attached hydrogens (tertiary/aromatic N) is 4. The molecule has 140 valence electrons. The van der Waals surface area contributed by atoms with Gasteiger partial charge in [0.15, 0.2) is 0 Å². The molecule has 0 amide bonds. The normalized spacial score (nSPS) is 10.9. The van der Waals surface area contributed by atoms with E-state index in [-0.39, 0.29) is 16.9 Å². The molecule has 9 nitrogen and oxygen atoms in total. The fraction of sp³-hybridized carbons (Fsp3) is 0.412. The van der Waals surface area contributed by atoms with Gasteiger partial charge in [-0.1, -0.05) is 19.1 Å². The second kappa shape index (κ2) is 8.43. The molecule has 2 aromatic rings. The molecule has 1 aromatic heterocycles. The van der Waals surface area contributed by atoms with E-state index in [0.717, 1.165) is 16.7 Å². The maximum Gasteiger partial charge on any atom is 0.332 e. The fourth-order valence-corrected chi connectivity index (χ4v) is 2.57. The summed E-state index contributed by atoms with van der Waals surface area (Å²) in [6, 6.07) is 7.89. The van der Waals surface area contributed by atoms with Crippen LogP contribution in [0.1, 0.15) is 12.5 Å². The summed E-state index contributed by atoms with van der Waals surface area (Å²) in [5.41, 5.74) is 0.329. The lowest BCUT2D eigenvalue weighted by atomic mass is 10.2. The van der Waals surface area contributed by atoms with E-state index < -0.39 is 4.92 Å². The average Bonchev–Trinajstić information content (AvgIpc) is 2.63. The van der Waals surface area contributed by atoms with Crippen LogP contribution in [0, 0.1) is 10.1 Å². The second-order valence-electron chi connectivity index (χ2n) is 5.99. The van der Waals surface area contributed by atoms with E-state index in [4.69, 9.17) is 0 Å². The zero-order valence-electron chi connectivity index (χ0n) is 15.1. The Morgan fingerprint density at radius 2 is 1.81 bits per heavy atom. The highest BCUT2D eigenvalue weighted by atomic mass is 16.6. The zero-order valence-corrected chi connectivity index (χ0v) is 15.1. The summed E-state index contributed by atoms with van der Waals surface area (Å²) in [5, 5.41) is 13.8. The minimum atomic E-state index is -0.417. The number of anilines is 1. The van der Waals surface area contributed by atoms with Gasteiger partial charge in [-0.15, -0.1) is 0 Å². The minimum absolute atomic E-state index is 0.0741. The first-order chi connectivity index (χ1) is 12.3. The van der Waals surface area contributed by atoms with Gasteiger partial charge >= 0.3 is 5.69 Å². The standard InChI is InChI=1S/C17H23N5O4/c1-4-21(12-13-5-7-14(8-6-13)22(25)26)10-9-18-15-11-16(23)20(3)17(24)19(15)2/h5-8,11,18H,4,9-10,12H2,1-3H3. The van der Waals surface area contributed by atoms with Crippen molar-refractivity contribution in [3.63, 3.8) is 0 Å². The molecule has 1 heterocycles. The molecule has 0 radical (unpaired) electrons. The van der Waals surface area contributed by atoms with Crippen molar-refractivity contribution in [1.29, 1.82) is 0 Å². The Morgan fingerprint density at radius 1 is 1.15 bits per heavy atom. The van der Waals surface area contributed by atoms with Crippen LogP contribution in [0.5, 0.6) is 0 Å². The van der Waals surface area contributed by atoms with Gasteiger partial charge in [-0.25, -0.2) is 4.79 Å². The van der Waals surface area contributed by atoms with E-state index in [9.17, 15) is 19.7 Å². The van der Waals surface area contributed by atoms with Crippen LogP contribution in [0.2, 0.25) is 0 Å². The second-order valence-corrected chi connectivity index (χ2v) is 5.99. The Kier molecular flexibility index (Phi) is 6.29. The maximum atomic E-state index is 11.9. The number of non-ortho nitro benzene ring substituents is 1. The summed E-state index contributed by atoms with van der Waals surface area (Å²) >= 11 is 0. The minimum Gasteiger partial charge on any atom is -0.370 e. The molecule has 0 saturated carbocycles. The van der Waals surface area contributed by atoms with E-state index >= 15 is 0 Å². The molecule has 1 aromatic carbocycles. The van der Waals surface area contributed by atoms with E-state index in [2.05, 4.69) is 10.2 Å². The first-order valence-electron chi connectivity index (χ1n) is 8.30. The highest BCUT2D eigenvalue weighted by molar-refractivity contribution is 5.34. The Labute approximate surface area is 150 Å². The van der Waals surface area contributed by atoms with E-state index in [1.54, 1.807) is 19.2 Å². The Balaban J connectivity index is 1.96. The van der Waals surface area contributed by atoms with Crippen LogP contribution >= 0.6 is 0 Å². The number of benzene rings is 1. The predicted octanol–water partition coefficient (Wildman–Crippen LogP) is 0.926. The van der Waals surface area contributed by atoms with Crippen molar-refractivity contribution in [3.05, 3.63) is 66.8 Å². The van der Waals surface area contributed by atoms with Crippen LogP contribution in [0.25, 0.3) is 0 Å². The number of aromatic nitrogens is 2. The molecule has 0 unspecified atom stereocenters. The average molecular weight is 361 g/mol. The predicted molar refractivity (Wildman–Crippen MR) is 99.5 cm³/mol. The van der Waals surface area contributed by atoms with Crippen molar-refractivity contribution in [2.45, 2.75) is 13.5 Å². The third kappa shape index (κ3) is 4.57. The topological polar surface area (TPSA) is 102 Å². The van der Waals surface area contributed by atoms with Gasteiger partial charge in [0.1, 0.15) is 5.82 Å². The summed E-state index contributed by atoms with van der Waals surface area (Å²) in [6.45, 7) is 4.73. The highest BCUT2D eigenvalue weighted by Crippen LogP contribution is 2.13. The molecular weight excluding hydrogens is 338 g/mol. The van der Waals surface area contributed by atoms with Gasteiger partial charge in [-0.2, -0.15) is 0 Å². The molecule has 0 aliphatic rings. The third-order valence-electron chi connectivity index (χ3n) is 4.26. The van der Waals surface area contributed by atoms with Crippen molar-refractivity contribution < 1.29 is 4.92 Å². The summed E-state index contributed by atoms with van der Waals surface area (Å²) in [7, 11) is 3.05. The van der Waals surface area contributed by atoms with Crippen molar-refractivity contribution in [2.24, 2.45) is 14.1 Å². The summed E-state index contributed by atoms with van der Waals surface area (Å²) < 4.78 is 2.45. The van der Waals surface area contributed by atoms with Crippen LogP contribution in [-0.4, -0.2) is 38.6 Å². The fourth-order valence-electron chi connectivity index (χ4n) is 2.57. The van der Waals surface area contributed by atoms with E-state index in [0.29, 0.717) is 25.5 Å². The van der Waals surface area contributed by atoms with Gasteiger partial charge in [-0.3, -0.25) is 28.9 Å². The quantitative estimate of drug-likeness (QED) is 0.554. The zero-order chi connectivity index (χ0) is 19.3. The first kappa shape index (κ1) is 19.4. The summed E-state index contributed by atoms with van der Waals surface area (Å²) in [4.78, 5) is 36.1. The van der Waals surface area contributed by atoms with Crippen molar-refractivity contribution >= 4 is 11.5 Å². The molecular formula is C17H23N5O4. The number of hydrogen-bond donors (Lipinski definition) is 1. The lowest BCUT2D eigenvalue weighted by Gasteiger charge is -2.21. The smallest absolute Gasteiger partial charge is 0.332 e. The van der Waals surface area contributed by atoms with Crippen molar-refractivity contribution in [3.8, 4) is 0 Å². The van der Waals surface area contributed by atoms with Crippen LogP contribution in [0.3, 0.4) is 0 Å². The number of nitro benzene ring substituents is 1. The van der Waals surface area contributed by atoms with Crippen LogP contribution < -0.4 is 16.6 Å². The third-order valence-corrected chi connectivity index (χ3v) is 4.26. The molecule has 1 N–H and O–H groups in total. The maximum absolute atomic E-state index is 11.9. The summed E-state index contributed by atoms with van der Waals surface area (Å²) in [5.74, 6) is 0.476. The first-order valence-corrected chi connectivity index (χ1v) is 8.30. The van der Waals surface area contributed by atoms with E-state index in [1.807, 2.05) is 6.92 Å². The molecule has 0 aliphatic carbocycles. The number of hydrogen-bond acceptors (Lipinski definition) is 6. The van der Waals surface area contributed by atoms with Gasteiger partial charge in [0.25, 0.3) is 11.2 Å². The SMILES string of the molecule is CCN(CCNc1cc(=O)n(C)c(=O)n1C)Cc1ccc([N+](=O)[O-])cc1. The summed E-state index contributed by atoms with van der Waals surface area (Å²) in [6.07, 6.45) is 0. The lowest BCUT2D eigenvalue weighted by molar-refractivity contribution is -0.384. The van der Waals surface area contributed by atoms with E-state index in [1.165, 1.54) is 29.8 Å². The van der Waals surface area contributed by atoms with Crippen molar-refractivity contribution in [2.75, 3.05) is 25.0 Å². The van der Waals surface area contributed by atoms with Gasteiger partial charge in [0, 0.05) is 51.9 Å². The number of nitro groups is 1. The van der Waals surface area contributed by atoms with Crippen LogP contribution in [0.4, 0.5) is 11.5 Å². The molecule has 0 atom stereocenters. The van der Waals surface area contributed by atoms with Crippen LogP contribution in [-0.2, 0) is 20.6 Å². The largest absolute Gasteiger partial charge is 0.370 e. The highest BCUT2D eigenvalue weighted by Gasteiger charge is 2.09. The number of likely N-dealkylation sites (N-methyl/N-ethyl adjacent to an activating group) is 1. The Morgan fingerprint density at radius 3 is 2.38 bits per heavy atom. The van der Waals surface area contributed by atoms with Crippen molar-refractivity contribution in [1.82, 2.24) is 14.0 Å². The van der Waals surface area contributed by atoms with Gasteiger partial charge in [0.2, 0.25) is 0 Å². The van der Waals surface area contributed by atoms with Gasteiger partial charge in [0.05, 0.1) is 4.92 Å².